The van der Waals surface area contributed by atoms with Crippen LogP contribution in [0.4, 0.5) is 0 Å². The van der Waals surface area contributed by atoms with Crippen LogP contribution in [0.1, 0.15) is 66.4 Å². The molecule has 4 heterocycles. The normalized spacial score (nSPS) is 28.2. The van der Waals surface area contributed by atoms with E-state index in [4.69, 9.17) is 4.74 Å². The second-order valence-electron chi connectivity index (χ2n) is 10.2. The topological polar surface area (TPSA) is 91.0 Å². The predicted molar refractivity (Wildman–Crippen MR) is 127 cm³/mol. The zero-order valence-corrected chi connectivity index (χ0v) is 19.9. The number of fused-ring (bicyclic) bond motifs is 1. The Morgan fingerprint density at radius 2 is 2.00 bits per heavy atom. The van der Waals surface area contributed by atoms with Gasteiger partial charge in [0.2, 0.25) is 11.8 Å². The highest BCUT2D eigenvalue weighted by Crippen LogP contribution is 2.31. The minimum Gasteiger partial charge on any atom is -0.377 e. The van der Waals surface area contributed by atoms with Gasteiger partial charge in [0.25, 0.3) is 5.91 Å². The molecule has 34 heavy (non-hydrogen) atoms. The lowest BCUT2D eigenvalue weighted by molar-refractivity contribution is -0.136. The van der Waals surface area contributed by atoms with Crippen molar-refractivity contribution in [3.05, 3.63) is 34.9 Å². The minimum absolute atomic E-state index is 0.0917. The van der Waals surface area contributed by atoms with Crippen molar-refractivity contribution in [2.75, 3.05) is 32.8 Å². The van der Waals surface area contributed by atoms with Crippen molar-refractivity contribution >= 4 is 17.7 Å². The van der Waals surface area contributed by atoms with Crippen molar-refractivity contribution in [3.8, 4) is 0 Å². The lowest BCUT2D eigenvalue weighted by atomic mass is 9.97. The van der Waals surface area contributed by atoms with Crippen molar-refractivity contribution in [1.82, 2.24) is 20.4 Å². The summed E-state index contributed by atoms with van der Waals surface area (Å²) in [6, 6.07) is 5.44. The van der Waals surface area contributed by atoms with Gasteiger partial charge in [0.05, 0.1) is 6.10 Å². The predicted octanol–water partition coefficient (Wildman–Crippen LogP) is 1.82. The number of carbonyl (C=O) groups excluding carboxylic acids is 3. The van der Waals surface area contributed by atoms with E-state index in [-0.39, 0.29) is 30.2 Å². The fourth-order valence-electron chi connectivity index (χ4n) is 5.93. The van der Waals surface area contributed by atoms with Gasteiger partial charge in [-0.25, -0.2) is 0 Å². The van der Waals surface area contributed by atoms with Gasteiger partial charge in [0.15, 0.2) is 0 Å². The summed E-state index contributed by atoms with van der Waals surface area (Å²) >= 11 is 0. The zero-order chi connectivity index (χ0) is 23.5. The van der Waals surface area contributed by atoms with E-state index in [1.807, 2.05) is 18.2 Å². The largest absolute Gasteiger partial charge is 0.377 e. The highest BCUT2D eigenvalue weighted by Gasteiger charge is 2.40. The van der Waals surface area contributed by atoms with Crippen LogP contribution in [0.2, 0.25) is 0 Å². The quantitative estimate of drug-likeness (QED) is 0.594. The standard InChI is InChI=1S/C26H36N4O4/c31-23-9-8-22(25(32)28-23)30-16-20-6-1-5-19(24(20)26(30)33)15-29-12-3-7-21(17-29)34-13-10-18-4-2-11-27-14-18/h1,5-6,18,21-22,27H,2-4,7-17H2,(H,28,31,32). The first kappa shape index (κ1) is 23.5. The first-order valence-corrected chi connectivity index (χ1v) is 12.9. The van der Waals surface area contributed by atoms with E-state index in [2.05, 4.69) is 15.5 Å². The number of nitrogens with one attached hydrogen (secondary N) is 2. The molecule has 2 N–H and O–H groups in total. The van der Waals surface area contributed by atoms with Crippen LogP contribution >= 0.6 is 0 Å². The third-order valence-corrected chi connectivity index (χ3v) is 7.77. The Morgan fingerprint density at radius 1 is 1.09 bits per heavy atom. The number of imide groups is 1. The Bertz CT molecular complexity index is 929. The van der Waals surface area contributed by atoms with E-state index >= 15 is 0 Å². The summed E-state index contributed by atoms with van der Waals surface area (Å²) in [4.78, 5) is 41.3. The molecule has 184 valence electrons. The van der Waals surface area contributed by atoms with Crippen molar-refractivity contribution in [3.63, 3.8) is 0 Å². The third-order valence-electron chi connectivity index (χ3n) is 7.77. The van der Waals surface area contributed by atoms with E-state index in [9.17, 15) is 14.4 Å². The maximum Gasteiger partial charge on any atom is 0.255 e. The average Bonchev–Trinajstić information content (AvgIpc) is 3.17. The number of nitrogens with zero attached hydrogens (tertiary/aromatic N) is 2. The Hall–Kier alpha value is -2.29. The molecular weight excluding hydrogens is 432 g/mol. The van der Waals surface area contributed by atoms with E-state index in [0.29, 0.717) is 19.5 Å². The number of benzene rings is 1. The highest BCUT2D eigenvalue weighted by atomic mass is 16.5. The van der Waals surface area contributed by atoms with Gasteiger partial charge in [-0.1, -0.05) is 18.2 Å². The van der Waals surface area contributed by atoms with Crippen molar-refractivity contribution in [2.24, 2.45) is 5.92 Å². The molecule has 8 nitrogen and oxygen atoms in total. The minimum atomic E-state index is -0.572. The summed E-state index contributed by atoms with van der Waals surface area (Å²) in [5, 5.41) is 5.86. The van der Waals surface area contributed by atoms with Crippen LogP contribution in [0.25, 0.3) is 0 Å². The van der Waals surface area contributed by atoms with E-state index in [1.54, 1.807) is 4.90 Å². The summed E-state index contributed by atoms with van der Waals surface area (Å²) in [7, 11) is 0. The number of hydrogen-bond donors (Lipinski definition) is 2. The molecule has 4 aliphatic heterocycles. The van der Waals surface area contributed by atoms with Gasteiger partial charge in [-0.3, -0.25) is 24.6 Å². The number of likely N-dealkylation sites (tertiary alicyclic amines) is 1. The van der Waals surface area contributed by atoms with E-state index < -0.39 is 6.04 Å². The Labute approximate surface area is 201 Å². The van der Waals surface area contributed by atoms with Gasteiger partial charge in [-0.15, -0.1) is 0 Å². The van der Waals surface area contributed by atoms with Crippen molar-refractivity contribution in [2.45, 2.75) is 70.2 Å². The summed E-state index contributed by atoms with van der Waals surface area (Å²) in [5.41, 5.74) is 2.73. The van der Waals surface area contributed by atoms with Crippen LogP contribution in [0.15, 0.2) is 18.2 Å². The number of carbonyl (C=O) groups is 3. The SMILES string of the molecule is O=C1CCC(N2Cc3cccc(CN4CCCC(OCCC5CCCNC5)C4)c3C2=O)C(=O)N1. The molecule has 4 aliphatic rings. The molecule has 0 bridgehead atoms. The van der Waals surface area contributed by atoms with Crippen molar-refractivity contribution in [1.29, 1.82) is 0 Å². The number of amides is 3. The summed E-state index contributed by atoms with van der Waals surface area (Å²) < 4.78 is 6.27. The van der Waals surface area contributed by atoms with Gasteiger partial charge in [0, 0.05) is 38.2 Å². The lowest BCUT2D eigenvalue weighted by Crippen LogP contribution is -2.52. The molecule has 0 saturated carbocycles. The van der Waals surface area contributed by atoms with Crippen LogP contribution in [0.5, 0.6) is 0 Å². The smallest absolute Gasteiger partial charge is 0.255 e. The molecule has 8 heteroatoms. The second kappa shape index (κ2) is 10.5. The molecule has 0 spiro atoms. The Balaban J connectivity index is 1.18. The lowest BCUT2D eigenvalue weighted by Gasteiger charge is -2.33. The molecule has 5 rings (SSSR count). The van der Waals surface area contributed by atoms with E-state index in [1.165, 1.54) is 12.8 Å². The van der Waals surface area contributed by atoms with Crippen LogP contribution in [0.3, 0.4) is 0 Å². The summed E-state index contributed by atoms with van der Waals surface area (Å²) in [6.07, 6.45) is 6.80. The van der Waals surface area contributed by atoms with Gasteiger partial charge >= 0.3 is 0 Å². The van der Waals surface area contributed by atoms with Crippen LogP contribution in [0, 0.1) is 5.92 Å². The highest BCUT2D eigenvalue weighted by molar-refractivity contribution is 6.05. The maximum absolute atomic E-state index is 13.4. The molecule has 3 unspecified atom stereocenters. The molecule has 3 fully saturated rings. The summed E-state index contributed by atoms with van der Waals surface area (Å²) in [5.74, 6) is 0.0204. The maximum atomic E-state index is 13.4. The molecular formula is C26H36N4O4. The van der Waals surface area contributed by atoms with Crippen LogP contribution in [-0.2, 0) is 27.4 Å². The fraction of sp³-hybridized carbons (Fsp3) is 0.654. The number of piperidine rings is 3. The van der Waals surface area contributed by atoms with Crippen LogP contribution in [-0.4, -0.2) is 72.5 Å². The monoisotopic (exact) mass is 468 g/mol. The first-order valence-electron chi connectivity index (χ1n) is 12.9. The van der Waals surface area contributed by atoms with E-state index in [0.717, 1.165) is 74.7 Å². The van der Waals surface area contributed by atoms with Gasteiger partial charge < -0.3 is 15.0 Å². The van der Waals surface area contributed by atoms with Gasteiger partial charge in [-0.2, -0.15) is 0 Å². The third kappa shape index (κ3) is 5.19. The van der Waals surface area contributed by atoms with Gasteiger partial charge in [-0.05, 0) is 75.2 Å². The first-order chi connectivity index (χ1) is 16.6. The Kier molecular flexibility index (Phi) is 7.27. The number of rotatable bonds is 7. The fourth-order valence-corrected chi connectivity index (χ4v) is 5.93. The summed E-state index contributed by atoms with van der Waals surface area (Å²) in [6.45, 7) is 6.11. The molecule has 0 radical (unpaired) electrons. The Morgan fingerprint density at radius 3 is 2.82 bits per heavy atom. The molecule has 0 aromatic heterocycles. The number of hydrogen-bond acceptors (Lipinski definition) is 6. The zero-order valence-electron chi connectivity index (χ0n) is 19.9. The second-order valence-corrected chi connectivity index (χ2v) is 10.2. The molecule has 3 amide bonds. The van der Waals surface area contributed by atoms with Crippen LogP contribution < -0.4 is 10.6 Å². The van der Waals surface area contributed by atoms with Gasteiger partial charge in [0.1, 0.15) is 6.04 Å². The number of ether oxygens (including phenoxy) is 1. The molecule has 1 aromatic rings. The molecule has 0 aliphatic carbocycles. The average molecular weight is 469 g/mol. The molecule has 1 aromatic carbocycles. The van der Waals surface area contributed by atoms with Crippen molar-refractivity contribution < 1.29 is 19.1 Å². The molecule has 3 atom stereocenters. The molecule has 3 saturated heterocycles.